The molecule has 3 rings (SSSR count). The second-order valence-corrected chi connectivity index (χ2v) is 6.87. The minimum absolute atomic E-state index is 0.622. The molecule has 1 aromatic rings. The van der Waals surface area contributed by atoms with Crippen LogP contribution in [0.1, 0.15) is 45.1 Å². The van der Waals surface area contributed by atoms with Crippen LogP contribution in [0.5, 0.6) is 0 Å². The summed E-state index contributed by atoms with van der Waals surface area (Å²) in [4.78, 5) is 2.58. The second kappa shape index (κ2) is 6.91. The molecule has 21 heavy (non-hydrogen) atoms. The number of hydrazine groups is 1. The molecule has 3 atom stereocenters. The molecule has 0 aliphatic carbocycles. The molecule has 3 heteroatoms. The quantitative estimate of drug-likeness (QED) is 0.918. The fraction of sp³-hybridized carbons (Fsp3) is 0.667. The zero-order valence-electron chi connectivity index (χ0n) is 13.5. The third-order valence-corrected chi connectivity index (χ3v) is 5.05. The number of hydrogen-bond acceptors (Lipinski definition) is 3. The summed E-state index contributed by atoms with van der Waals surface area (Å²) in [6.07, 6.45) is 5.31. The van der Waals surface area contributed by atoms with Crippen molar-refractivity contribution < 1.29 is 0 Å². The van der Waals surface area contributed by atoms with Crippen molar-refractivity contribution in [2.45, 2.75) is 64.2 Å². The Hall–Kier alpha value is -0.900. The highest BCUT2D eigenvalue weighted by Gasteiger charge is 2.29. The molecule has 1 aromatic carbocycles. The molecule has 2 aliphatic heterocycles. The van der Waals surface area contributed by atoms with Gasteiger partial charge in [-0.25, -0.2) is 5.01 Å². The van der Waals surface area contributed by atoms with E-state index in [1.807, 2.05) is 0 Å². The maximum Gasteiger partial charge on any atom is 0.0355 e. The van der Waals surface area contributed by atoms with Crippen molar-refractivity contribution in [1.29, 1.82) is 0 Å². The first-order valence-corrected chi connectivity index (χ1v) is 8.53. The van der Waals surface area contributed by atoms with Crippen LogP contribution in [-0.4, -0.2) is 41.1 Å². The molecule has 0 saturated carbocycles. The Bertz CT molecular complexity index is 423. The van der Waals surface area contributed by atoms with Gasteiger partial charge in [0.2, 0.25) is 0 Å². The first-order valence-electron chi connectivity index (χ1n) is 8.53. The summed E-state index contributed by atoms with van der Waals surface area (Å²) >= 11 is 0. The third-order valence-electron chi connectivity index (χ3n) is 5.05. The Labute approximate surface area is 129 Å². The molecule has 2 fully saturated rings. The maximum atomic E-state index is 3.82. The number of nitrogens with zero attached hydrogens (tertiary/aromatic N) is 2. The third kappa shape index (κ3) is 3.85. The fourth-order valence-corrected chi connectivity index (χ4v) is 3.81. The zero-order chi connectivity index (χ0) is 14.7. The van der Waals surface area contributed by atoms with Gasteiger partial charge in [0.1, 0.15) is 0 Å². The van der Waals surface area contributed by atoms with Crippen LogP contribution >= 0.6 is 0 Å². The maximum absolute atomic E-state index is 3.82. The Morgan fingerprint density at radius 3 is 2.48 bits per heavy atom. The van der Waals surface area contributed by atoms with Gasteiger partial charge in [0, 0.05) is 37.8 Å². The Balaban J connectivity index is 1.50. The molecule has 0 aromatic heterocycles. The smallest absolute Gasteiger partial charge is 0.0355 e. The van der Waals surface area contributed by atoms with Gasteiger partial charge >= 0.3 is 0 Å². The summed E-state index contributed by atoms with van der Waals surface area (Å²) in [6.45, 7) is 8.19. The van der Waals surface area contributed by atoms with Gasteiger partial charge in [-0.05, 0) is 38.7 Å². The van der Waals surface area contributed by atoms with Gasteiger partial charge in [0.15, 0.2) is 0 Å². The largest absolute Gasteiger partial charge is 0.297 e. The Kier molecular flexibility index (Phi) is 4.94. The monoisotopic (exact) mass is 287 g/mol. The average molecular weight is 287 g/mol. The molecular formula is C18H29N3. The van der Waals surface area contributed by atoms with Crippen LogP contribution in [0.15, 0.2) is 30.3 Å². The van der Waals surface area contributed by atoms with Gasteiger partial charge in [-0.3, -0.25) is 10.3 Å². The van der Waals surface area contributed by atoms with Crippen molar-refractivity contribution in [2.24, 2.45) is 0 Å². The molecule has 2 heterocycles. The molecule has 0 amide bonds. The molecular weight excluding hydrogens is 258 g/mol. The van der Waals surface area contributed by atoms with Gasteiger partial charge in [-0.15, -0.1) is 0 Å². The van der Waals surface area contributed by atoms with Crippen LogP contribution in [0.4, 0.5) is 0 Å². The molecule has 3 unspecified atom stereocenters. The number of nitrogens with one attached hydrogen (secondary N) is 1. The molecule has 3 nitrogen and oxygen atoms in total. The summed E-state index contributed by atoms with van der Waals surface area (Å²) in [7, 11) is 0. The number of rotatable bonds is 4. The summed E-state index contributed by atoms with van der Waals surface area (Å²) < 4.78 is 0. The first kappa shape index (κ1) is 15.0. The topological polar surface area (TPSA) is 18.5 Å². The highest BCUT2D eigenvalue weighted by Crippen LogP contribution is 2.22. The minimum atomic E-state index is 0.622. The second-order valence-electron chi connectivity index (χ2n) is 6.87. The predicted molar refractivity (Wildman–Crippen MR) is 87.9 cm³/mol. The molecule has 2 saturated heterocycles. The van der Waals surface area contributed by atoms with Crippen LogP contribution in [0.25, 0.3) is 0 Å². The number of hydrogen-bond donors (Lipinski definition) is 1. The van der Waals surface area contributed by atoms with Crippen LogP contribution in [-0.2, 0) is 6.54 Å². The summed E-state index contributed by atoms with van der Waals surface area (Å²) in [5, 5.41) is 2.53. The number of likely N-dealkylation sites (tertiary alicyclic amines) is 1. The van der Waals surface area contributed by atoms with E-state index in [4.69, 9.17) is 0 Å². The van der Waals surface area contributed by atoms with E-state index < -0.39 is 0 Å². The molecule has 0 radical (unpaired) electrons. The lowest BCUT2D eigenvalue weighted by molar-refractivity contribution is 0.0307. The van der Waals surface area contributed by atoms with E-state index in [9.17, 15) is 0 Å². The summed E-state index contributed by atoms with van der Waals surface area (Å²) in [5.41, 5.74) is 5.25. The van der Waals surface area contributed by atoms with Crippen molar-refractivity contribution in [3.63, 3.8) is 0 Å². The molecule has 2 aliphatic rings. The van der Waals surface area contributed by atoms with E-state index in [1.165, 1.54) is 44.3 Å². The Morgan fingerprint density at radius 1 is 1.05 bits per heavy atom. The normalized spacial score (nSPS) is 31.6. The summed E-state index contributed by atoms with van der Waals surface area (Å²) in [6, 6.07) is 12.8. The lowest BCUT2D eigenvalue weighted by atomic mass is 10.00. The van der Waals surface area contributed by atoms with Crippen molar-refractivity contribution in [1.82, 2.24) is 15.3 Å². The van der Waals surface area contributed by atoms with Crippen molar-refractivity contribution in [3.8, 4) is 0 Å². The average Bonchev–Trinajstić information content (AvgIpc) is 2.91. The van der Waals surface area contributed by atoms with Crippen LogP contribution in [0.3, 0.4) is 0 Å². The van der Waals surface area contributed by atoms with E-state index in [-0.39, 0.29) is 0 Å². The van der Waals surface area contributed by atoms with E-state index >= 15 is 0 Å². The predicted octanol–water partition coefficient (Wildman–Crippen LogP) is 3.03. The van der Waals surface area contributed by atoms with Gasteiger partial charge in [-0.2, -0.15) is 0 Å². The highest BCUT2D eigenvalue weighted by molar-refractivity contribution is 5.14. The fourth-order valence-electron chi connectivity index (χ4n) is 3.81. The van der Waals surface area contributed by atoms with Crippen LogP contribution < -0.4 is 5.43 Å². The Morgan fingerprint density at radius 2 is 1.76 bits per heavy atom. The van der Waals surface area contributed by atoms with E-state index in [2.05, 4.69) is 59.5 Å². The van der Waals surface area contributed by atoms with Gasteiger partial charge in [0.05, 0.1) is 0 Å². The van der Waals surface area contributed by atoms with Gasteiger partial charge in [-0.1, -0.05) is 36.8 Å². The van der Waals surface area contributed by atoms with Crippen LogP contribution in [0, 0.1) is 0 Å². The number of benzene rings is 1. The molecule has 0 spiro atoms. The number of piperidine rings is 1. The van der Waals surface area contributed by atoms with Gasteiger partial charge in [0.25, 0.3) is 0 Å². The first-order chi connectivity index (χ1) is 10.2. The van der Waals surface area contributed by atoms with E-state index in [0.29, 0.717) is 18.1 Å². The molecule has 1 N–H and O–H groups in total. The van der Waals surface area contributed by atoms with E-state index in [0.717, 1.165) is 6.54 Å². The van der Waals surface area contributed by atoms with Crippen LogP contribution in [0.2, 0.25) is 0 Å². The molecule has 0 bridgehead atoms. The summed E-state index contributed by atoms with van der Waals surface area (Å²) in [5.74, 6) is 0. The standard InChI is InChI=1S/C18H29N3/c1-15-7-6-8-16(2)21(15)19-18-11-12-20(14-18)13-17-9-4-3-5-10-17/h3-5,9-10,15-16,18-19H,6-8,11-14H2,1-2H3. The SMILES string of the molecule is CC1CCCC(C)N1NC1CCN(Cc2ccccc2)C1. The minimum Gasteiger partial charge on any atom is -0.297 e. The highest BCUT2D eigenvalue weighted by atomic mass is 15.6. The lowest BCUT2D eigenvalue weighted by Gasteiger charge is -2.40. The zero-order valence-corrected chi connectivity index (χ0v) is 13.5. The molecule has 116 valence electrons. The van der Waals surface area contributed by atoms with Crippen molar-refractivity contribution in [2.75, 3.05) is 13.1 Å². The van der Waals surface area contributed by atoms with Crippen molar-refractivity contribution in [3.05, 3.63) is 35.9 Å². The lowest BCUT2D eigenvalue weighted by Crippen LogP contribution is -2.55. The van der Waals surface area contributed by atoms with E-state index in [1.54, 1.807) is 0 Å². The van der Waals surface area contributed by atoms with Gasteiger partial charge < -0.3 is 0 Å². The van der Waals surface area contributed by atoms with Crippen molar-refractivity contribution >= 4 is 0 Å².